The first-order valence-corrected chi connectivity index (χ1v) is 14.0. The number of carbonyl (C=O) groups is 1. The molecule has 4 aromatic carbocycles. The van der Waals surface area contributed by atoms with E-state index in [4.69, 9.17) is 18.9 Å². The van der Waals surface area contributed by atoms with E-state index in [0.717, 1.165) is 44.2 Å². The van der Waals surface area contributed by atoms with Crippen LogP contribution >= 0.6 is 11.7 Å². The van der Waals surface area contributed by atoms with Crippen molar-refractivity contribution >= 4 is 39.6 Å². The van der Waals surface area contributed by atoms with Crippen molar-refractivity contribution in [2.75, 3.05) is 13.4 Å². The molecule has 1 aliphatic heterocycles. The fourth-order valence-electron chi connectivity index (χ4n) is 5.19. The Morgan fingerprint density at radius 2 is 1.76 bits per heavy atom. The lowest BCUT2D eigenvalue weighted by Crippen LogP contribution is -2.14. The summed E-state index contributed by atoms with van der Waals surface area (Å²) in [5.74, 6) is 1.69. The third-order valence-electron chi connectivity index (χ3n) is 7.07. The van der Waals surface area contributed by atoms with E-state index in [9.17, 15) is 4.79 Å². The van der Waals surface area contributed by atoms with Crippen LogP contribution in [0.4, 0.5) is 0 Å². The molecule has 204 valence electrons. The topological polar surface area (TPSA) is 84.7 Å². The van der Waals surface area contributed by atoms with Gasteiger partial charge in [-0.1, -0.05) is 42.5 Å². The van der Waals surface area contributed by atoms with Crippen molar-refractivity contribution in [1.29, 1.82) is 0 Å². The van der Waals surface area contributed by atoms with Crippen molar-refractivity contribution in [2.24, 2.45) is 0 Å². The fourth-order valence-corrected chi connectivity index (χ4v) is 5.70. The van der Waals surface area contributed by atoms with E-state index in [2.05, 4.69) is 8.75 Å². The average Bonchev–Trinajstić information content (AvgIpc) is 3.74. The summed E-state index contributed by atoms with van der Waals surface area (Å²) in [7, 11) is 0. The van der Waals surface area contributed by atoms with Crippen molar-refractivity contribution in [2.45, 2.75) is 20.1 Å². The Balaban J connectivity index is 1.40. The Bertz CT molecular complexity index is 1900. The molecule has 6 aromatic rings. The maximum absolute atomic E-state index is 13.7. The summed E-state index contributed by atoms with van der Waals surface area (Å²) in [5.41, 5.74) is 6.58. The van der Waals surface area contributed by atoms with Crippen LogP contribution in [0.5, 0.6) is 17.2 Å². The van der Waals surface area contributed by atoms with Gasteiger partial charge in [0.25, 0.3) is 0 Å². The molecule has 0 fully saturated rings. The van der Waals surface area contributed by atoms with Gasteiger partial charge in [-0.05, 0) is 60.0 Å². The summed E-state index contributed by atoms with van der Waals surface area (Å²) >= 11 is 1.17. The summed E-state index contributed by atoms with van der Waals surface area (Å²) in [4.78, 5) is 13.7. The smallest absolute Gasteiger partial charge is 0.355 e. The number of carbonyl (C=O) groups excluding carboxylic acids is 1. The lowest BCUT2D eigenvalue weighted by atomic mass is 10.0. The molecule has 0 N–H and O–H groups in total. The van der Waals surface area contributed by atoms with Gasteiger partial charge in [0.15, 0.2) is 11.5 Å². The van der Waals surface area contributed by atoms with Crippen LogP contribution in [0, 0.1) is 0 Å². The molecule has 3 heterocycles. The molecule has 8 nitrogen and oxygen atoms in total. The summed E-state index contributed by atoms with van der Waals surface area (Å²) in [6.45, 7) is 3.10. The zero-order valence-electron chi connectivity index (χ0n) is 22.2. The predicted octanol–water partition coefficient (Wildman–Crippen LogP) is 6.85. The molecule has 0 radical (unpaired) electrons. The van der Waals surface area contributed by atoms with Gasteiger partial charge in [0.1, 0.15) is 29.1 Å². The van der Waals surface area contributed by atoms with Crippen molar-refractivity contribution in [1.82, 2.24) is 13.3 Å². The normalized spacial score (nSPS) is 12.2. The Kier molecular flexibility index (Phi) is 6.48. The molecule has 0 aliphatic carbocycles. The number of benzene rings is 4. The SMILES string of the molecule is CCOC(=O)c1c(-c2ccc3nsnc3c2)c2ccc(OCc3ccccc3)cc2n1Cc1ccc2c(c1)OCO2. The third-order valence-corrected chi connectivity index (χ3v) is 7.63. The highest BCUT2D eigenvalue weighted by Crippen LogP contribution is 2.40. The molecule has 0 bridgehead atoms. The summed E-state index contributed by atoms with van der Waals surface area (Å²) < 4.78 is 33.7. The highest BCUT2D eigenvalue weighted by atomic mass is 32.1. The highest BCUT2D eigenvalue weighted by molar-refractivity contribution is 7.00. The van der Waals surface area contributed by atoms with Crippen molar-refractivity contribution < 1.29 is 23.7 Å². The zero-order chi connectivity index (χ0) is 27.8. The molecular weight excluding hydrogens is 538 g/mol. The quantitative estimate of drug-likeness (QED) is 0.187. The first-order valence-electron chi connectivity index (χ1n) is 13.3. The van der Waals surface area contributed by atoms with Crippen molar-refractivity contribution in [3.8, 4) is 28.4 Å². The Labute approximate surface area is 240 Å². The van der Waals surface area contributed by atoms with Gasteiger partial charge in [0.2, 0.25) is 6.79 Å². The summed E-state index contributed by atoms with van der Waals surface area (Å²) in [6, 6.07) is 27.7. The van der Waals surface area contributed by atoms with E-state index in [1.165, 1.54) is 11.7 Å². The Hall–Kier alpha value is -4.89. The van der Waals surface area contributed by atoms with E-state index in [1.54, 1.807) is 0 Å². The lowest BCUT2D eigenvalue weighted by Gasteiger charge is -2.13. The van der Waals surface area contributed by atoms with Crippen LogP contribution < -0.4 is 14.2 Å². The number of hydrogen-bond acceptors (Lipinski definition) is 8. The van der Waals surface area contributed by atoms with Crippen LogP contribution in [0.1, 0.15) is 28.5 Å². The second-order valence-corrected chi connectivity index (χ2v) is 10.2. The number of ether oxygens (including phenoxy) is 4. The molecule has 1 aliphatic rings. The molecule has 41 heavy (non-hydrogen) atoms. The average molecular weight is 564 g/mol. The zero-order valence-corrected chi connectivity index (χ0v) is 23.0. The minimum absolute atomic E-state index is 0.194. The second kappa shape index (κ2) is 10.6. The van der Waals surface area contributed by atoms with Gasteiger partial charge in [0.05, 0.1) is 23.9 Å². The van der Waals surface area contributed by atoms with E-state index in [0.29, 0.717) is 36.1 Å². The first kappa shape index (κ1) is 25.1. The maximum Gasteiger partial charge on any atom is 0.355 e. The van der Waals surface area contributed by atoms with Crippen LogP contribution in [0.15, 0.2) is 84.9 Å². The predicted molar refractivity (Wildman–Crippen MR) is 157 cm³/mol. The van der Waals surface area contributed by atoms with Gasteiger partial charge in [0, 0.05) is 23.6 Å². The number of aromatic nitrogens is 3. The molecule has 9 heteroatoms. The molecule has 0 amide bonds. The standard InChI is InChI=1S/C32H25N3O5S/c1-2-37-32(36)31-30(22-9-12-25-26(15-22)34-41-33-25)24-11-10-23(38-18-20-6-4-3-5-7-20)16-27(24)35(31)17-21-8-13-28-29(14-21)40-19-39-28/h3-16H,2,17-19H2,1H3. The molecule has 0 saturated carbocycles. The molecular formula is C32H25N3O5S. The van der Waals surface area contributed by atoms with Crippen LogP contribution in [-0.4, -0.2) is 32.7 Å². The number of hydrogen-bond donors (Lipinski definition) is 0. The largest absolute Gasteiger partial charge is 0.489 e. The number of rotatable bonds is 8. The van der Waals surface area contributed by atoms with E-state index in [1.807, 2.05) is 96.4 Å². The van der Waals surface area contributed by atoms with Gasteiger partial charge in [-0.15, -0.1) is 0 Å². The monoisotopic (exact) mass is 563 g/mol. The van der Waals surface area contributed by atoms with Crippen LogP contribution in [0.2, 0.25) is 0 Å². The number of esters is 1. The Morgan fingerprint density at radius 3 is 2.63 bits per heavy atom. The lowest BCUT2D eigenvalue weighted by molar-refractivity contribution is 0.0516. The number of fused-ring (bicyclic) bond motifs is 3. The summed E-state index contributed by atoms with van der Waals surface area (Å²) in [5, 5.41) is 0.906. The highest BCUT2D eigenvalue weighted by Gasteiger charge is 2.26. The second-order valence-electron chi connectivity index (χ2n) is 9.64. The van der Waals surface area contributed by atoms with Crippen molar-refractivity contribution in [3.63, 3.8) is 0 Å². The van der Waals surface area contributed by atoms with E-state index in [-0.39, 0.29) is 13.4 Å². The van der Waals surface area contributed by atoms with Crippen LogP contribution in [-0.2, 0) is 17.9 Å². The number of nitrogens with zero attached hydrogens (tertiary/aromatic N) is 3. The van der Waals surface area contributed by atoms with Gasteiger partial charge in [-0.3, -0.25) is 0 Å². The molecule has 2 aromatic heterocycles. The first-order chi connectivity index (χ1) is 20.2. The minimum atomic E-state index is -0.400. The van der Waals surface area contributed by atoms with Gasteiger partial charge < -0.3 is 23.5 Å². The van der Waals surface area contributed by atoms with Crippen LogP contribution in [0.3, 0.4) is 0 Å². The van der Waals surface area contributed by atoms with Crippen LogP contribution in [0.25, 0.3) is 33.1 Å². The molecule has 0 unspecified atom stereocenters. The Morgan fingerprint density at radius 1 is 0.902 bits per heavy atom. The van der Waals surface area contributed by atoms with Gasteiger partial charge in [-0.25, -0.2) is 4.79 Å². The van der Waals surface area contributed by atoms with Gasteiger partial charge in [-0.2, -0.15) is 8.75 Å². The molecule has 0 atom stereocenters. The minimum Gasteiger partial charge on any atom is -0.489 e. The molecule has 7 rings (SSSR count). The summed E-state index contributed by atoms with van der Waals surface area (Å²) in [6.07, 6.45) is 0. The fraction of sp³-hybridized carbons (Fsp3) is 0.156. The van der Waals surface area contributed by atoms with E-state index < -0.39 is 5.97 Å². The maximum atomic E-state index is 13.7. The van der Waals surface area contributed by atoms with Gasteiger partial charge >= 0.3 is 5.97 Å². The molecule has 0 saturated heterocycles. The third kappa shape index (κ3) is 4.74. The van der Waals surface area contributed by atoms with Crippen molar-refractivity contribution in [3.05, 3.63) is 102 Å². The van der Waals surface area contributed by atoms with E-state index >= 15 is 0 Å². The molecule has 0 spiro atoms.